The number of aliphatic hydroxyl groups is 1. The molecule has 17 heavy (non-hydrogen) atoms. The average Bonchev–Trinajstić information content (AvgIpc) is 2.58. The van der Waals surface area contributed by atoms with Gasteiger partial charge in [0.2, 0.25) is 0 Å². The van der Waals surface area contributed by atoms with E-state index in [0.717, 1.165) is 0 Å². The van der Waals surface area contributed by atoms with Gasteiger partial charge in [0.15, 0.2) is 5.78 Å². The molecule has 0 radical (unpaired) electrons. The fourth-order valence-corrected chi connectivity index (χ4v) is 1.95. The number of nitrogens with one attached hydrogen (secondary N) is 1. The van der Waals surface area contributed by atoms with Crippen LogP contribution >= 0.6 is 0 Å². The van der Waals surface area contributed by atoms with Gasteiger partial charge in [0.1, 0.15) is 5.69 Å². The standard InChI is InChI=1S/C12H16N2O3/c1-7(15)8-3-11(14(2)6-8)12(17)13-9-4-10(16)5-9/h3,6,9-10,16H,4-5H2,1-2H3,(H,13,17). The Morgan fingerprint density at radius 3 is 2.59 bits per heavy atom. The lowest BCUT2D eigenvalue weighted by Gasteiger charge is -2.31. The normalized spacial score (nSPS) is 23.0. The molecule has 0 spiro atoms. The molecule has 1 heterocycles. The molecule has 1 aromatic heterocycles. The zero-order valence-electron chi connectivity index (χ0n) is 9.93. The van der Waals surface area contributed by atoms with E-state index >= 15 is 0 Å². The fourth-order valence-electron chi connectivity index (χ4n) is 1.95. The number of aromatic nitrogens is 1. The van der Waals surface area contributed by atoms with E-state index in [1.807, 2.05) is 0 Å². The average molecular weight is 236 g/mol. The van der Waals surface area contributed by atoms with Crippen molar-refractivity contribution in [2.75, 3.05) is 0 Å². The van der Waals surface area contributed by atoms with Crippen LogP contribution in [-0.2, 0) is 7.05 Å². The van der Waals surface area contributed by atoms with Gasteiger partial charge in [-0.1, -0.05) is 0 Å². The first-order chi connectivity index (χ1) is 7.97. The third-order valence-corrected chi connectivity index (χ3v) is 3.09. The predicted molar refractivity (Wildman–Crippen MR) is 61.9 cm³/mol. The number of aliphatic hydroxyl groups excluding tert-OH is 1. The van der Waals surface area contributed by atoms with Crippen molar-refractivity contribution in [1.29, 1.82) is 0 Å². The van der Waals surface area contributed by atoms with Crippen LogP contribution in [0.3, 0.4) is 0 Å². The molecule has 5 nitrogen and oxygen atoms in total. The van der Waals surface area contributed by atoms with Crippen molar-refractivity contribution in [3.05, 3.63) is 23.5 Å². The number of carbonyl (C=O) groups is 2. The van der Waals surface area contributed by atoms with Gasteiger partial charge in [-0.15, -0.1) is 0 Å². The second kappa shape index (κ2) is 4.33. The van der Waals surface area contributed by atoms with E-state index in [1.54, 1.807) is 23.9 Å². The Balaban J connectivity index is 2.06. The molecule has 0 aliphatic heterocycles. The molecule has 1 fully saturated rings. The first-order valence-corrected chi connectivity index (χ1v) is 5.63. The highest BCUT2D eigenvalue weighted by atomic mass is 16.3. The number of hydrogen-bond acceptors (Lipinski definition) is 3. The van der Waals surface area contributed by atoms with Crippen molar-refractivity contribution >= 4 is 11.7 Å². The summed E-state index contributed by atoms with van der Waals surface area (Å²) < 4.78 is 1.64. The number of nitrogens with zero attached hydrogens (tertiary/aromatic N) is 1. The van der Waals surface area contributed by atoms with E-state index in [4.69, 9.17) is 5.11 Å². The molecule has 0 bridgehead atoms. The van der Waals surface area contributed by atoms with Gasteiger partial charge in [-0.05, 0) is 25.8 Å². The molecule has 2 N–H and O–H groups in total. The molecule has 2 rings (SSSR count). The van der Waals surface area contributed by atoms with Gasteiger partial charge in [0, 0.05) is 24.8 Å². The van der Waals surface area contributed by atoms with Gasteiger partial charge in [0.25, 0.3) is 5.91 Å². The largest absolute Gasteiger partial charge is 0.393 e. The van der Waals surface area contributed by atoms with Crippen LogP contribution in [0.1, 0.15) is 40.6 Å². The molecule has 0 atom stereocenters. The molecule has 0 aromatic carbocycles. The summed E-state index contributed by atoms with van der Waals surface area (Å²) in [5.41, 5.74) is 1.00. The van der Waals surface area contributed by atoms with Crippen LogP contribution in [0.2, 0.25) is 0 Å². The quantitative estimate of drug-likeness (QED) is 0.750. The minimum atomic E-state index is -0.290. The van der Waals surface area contributed by atoms with Crippen LogP contribution < -0.4 is 5.32 Å². The zero-order valence-corrected chi connectivity index (χ0v) is 9.93. The maximum absolute atomic E-state index is 11.9. The van der Waals surface area contributed by atoms with Crippen LogP contribution in [-0.4, -0.2) is 33.5 Å². The lowest BCUT2D eigenvalue weighted by Crippen LogP contribution is -2.47. The van der Waals surface area contributed by atoms with Crippen molar-refractivity contribution in [3.8, 4) is 0 Å². The number of Topliss-reactive ketones (excluding diaryl/α,β-unsaturated/α-hetero) is 1. The fraction of sp³-hybridized carbons (Fsp3) is 0.500. The van der Waals surface area contributed by atoms with E-state index in [9.17, 15) is 9.59 Å². The maximum atomic E-state index is 11.9. The lowest BCUT2D eigenvalue weighted by atomic mass is 9.89. The summed E-state index contributed by atoms with van der Waals surface area (Å²) in [4.78, 5) is 23.1. The number of aryl methyl sites for hydroxylation is 1. The summed E-state index contributed by atoms with van der Waals surface area (Å²) in [7, 11) is 1.73. The molecule has 1 saturated carbocycles. The molecular formula is C12H16N2O3. The molecule has 0 unspecified atom stereocenters. The Morgan fingerprint density at radius 1 is 1.47 bits per heavy atom. The third kappa shape index (κ3) is 2.39. The van der Waals surface area contributed by atoms with Crippen molar-refractivity contribution in [3.63, 3.8) is 0 Å². The van der Waals surface area contributed by atoms with Crippen molar-refractivity contribution in [1.82, 2.24) is 9.88 Å². The zero-order chi connectivity index (χ0) is 12.6. The number of hydrogen-bond donors (Lipinski definition) is 2. The predicted octanol–water partition coefficient (Wildman–Crippen LogP) is 0.481. The topological polar surface area (TPSA) is 71.3 Å². The maximum Gasteiger partial charge on any atom is 0.268 e. The van der Waals surface area contributed by atoms with Gasteiger partial charge in [-0.3, -0.25) is 9.59 Å². The highest BCUT2D eigenvalue weighted by Crippen LogP contribution is 2.20. The monoisotopic (exact) mass is 236 g/mol. The summed E-state index contributed by atoms with van der Waals surface area (Å²) in [5.74, 6) is -0.254. The number of ketones is 1. The van der Waals surface area contributed by atoms with Crippen molar-refractivity contribution < 1.29 is 14.7 Å². The van der Waals surface area contributed by atoms with Gasteiger partial charge in [-0.25, -0.2) is 0 Å². The molecule has 1 amide bonds. The molecule has 5 heteroatoms. The Bertz CT molecular complexity index is 458. The number of rotatable bonds is 3. The van der Waals surface area contributed by atoms with E-state index in [0.29, 0.717) is 24.1 Å². The Labute approximate surface area is 99.4 Å². The molecule has 0 saturated heterocycles. The Kier molecular flexibility index (Phi) is 3.02. The number of amides is 1. The lowest BCUT2D eigenvalue weighted by molar-refractivity contribution is 0.0559. The SMILES string of the molecule is CC(=O)c1cc(C(=O)NC2CC(O)C2)n(C)c1. The van der Waals surface area contributed by atoms with Crippen LogP contribution in [0.15, 0.2) is 12.3 Å². The van der Waals surface area contributed by atoms with Gasteiger partial charge < -0.3 is 15.0 Å². The molecular weight excluding hydrogens is 220 g/mol. The van der Waals surface area contributed by atoms with Gasteiger partial charge in [-0.2, -0.15) is 0 Å². The number of carbonyl (C=O) groups excluding carboxylic acids is 2. The third-order valence-electron chi connectivity index (χ3n) is 3.09. The molecule has 92 valence electrons. The van der Waals surface area contributed by atoms with Crippen LogP contribution in [0, 0.1) is 0 Å². The van der Waals surface area contributed by atoms with E-state index in [1.165, 1.54) is 6.92 Å². The van der Waals surface area contributed by atoms with Crippen LogP contribution in [0.4, 0.5) is 0 Å². The summed E-state index contributed by atoms with van der Waals surface area (Å²) in [5, 5.41) is 12.0. The van der Waals surface area contributed by atoms with Crippen molar-refractivity contribution in [2.24, 2.45) is 7.05 Å². The molecule has 1 aliphatic carbocycles. The summed E-state index contributed by atoms with van der Waals surface area (Å²) >= 11 is 0. The minimum Gasteiger partial charge on any atom is -0.393 e. The van der Waals surface area contributed by atoms with Crippen LogP contribution in [0.25, 0.3) is 0 Å². The summed E-state index contributed by atoms with van der Waals surface area (Å²) in [6, 6.07) is 1.64. The summed E-state index contributed by atoms with van der Waals surface area (Å²) in [6.07, 6.45) is 2.57. The Morgan fingerprint density at radius 2 is 2.12 bits per heavy atom. The Hall–Kier alpha value is -1.62. The minimum absolute atomic E-state index is 0.0492. The highest BCUT2D eigenvalue weighted by molar-refractivity contribution is 5.99. The van der Waals surface area contributed by atoms with Gasteiger partial charge >= 0.3 is 0 Å². The molecule has 1 aliphatic rings. The second-order valence-electron chi connectivity index (χ2n) is 4.58. The first kappa shape index (κ1) is 11.9. The highest BCUT2D eigenvalue weighted by Gasteiger charge is 2.29. The molecule has 1 aromatic rings. The first-order valence-electron chi connectivity index (χ1n) is 5.63. The second-order valence-corrected chi connectivity index (χ2v) is 4.58. The van der Waals surface area contributed by atoms with Crippen LogP contribution in [0.5, 0.6) is 0 Å². The van der Waals surface area contributed by atoms with E-state index in [-0.39, 0.29) is 23.8 Å². The smallest absolute Gasteiger partial charge is 0.268 e. The van der Waals surface area contributed by atoms with Gasteiger partial charge in [0.05, 0.1) is 6.10 Å². The van der Waals surface area contributed by atoms with E-state index < -0.39 is 0 Å². The van der Waals surface area contributed by atoms with E-state index in [2.05, 4.69) is 5.32 Å². The van der Waals surface area contributed by atoms with Crippen molar-refractivity contribution in [2.45, 2.75) is 31.9 Å². The summed E-state index contributed by atoms with van der Waals surface area (Å²) in [6.45, 7) is 1.47.